The number of hydrogen-bond donors (Lipinski definition) is 0. The van der Waals surface area contributed by atoms with Crippen LogP contribution in [0.4, 0.5) is 0 Å². The molecule has 0 aliphatic carbocycles. The van der Waals surface area contributed by atoms with E-state index >= 15 is 0 Å². The Bertz CT molecular complexity index is 498. The quantitative estimate of drug-likeness (QED) is 0.588. The van der Waals surface area contributed by atoms with E-state index in [1.807, 2.05) is 0 Å². The molecule has 18 heavy (non-hydrogen) atoms. The molecule has 1 saturated heterocycles. The topological polar surface area (TPSA) is 59.4 Å². The maximum Gasteiger partial charge on any atom is 0.233 e. The van der Waals surface area contributed by atoms with Gasteiger partial charge in [0.1, 0.15) is 0 Å². The van der Waals surface area contributed by atoms with Crippen molar-refractivity contribution in [3.05, 3.63) is 24.0 Å². The Morgan fingerprint density at radius 2 is 1.78 bits per heavy atom. The molecule has 1 aromatic heterocycles. The van der Waals surface area contributed by atoms with Gasteiger partial charge in [-0.25, -0.2) is 0 Å². The van der Waals surface area contributed by atoms with Gasteiger partial charge in [0, 0.05) is 25.1 Å². The van der Waals surface area contributed by atoms with Crippen molar-refractivity contribution in [2.45, 2.75) is 13.8 Å². The van der Waals surface area contributed by atoms with Gasteiger partial charge in [0.2, 0.25) is 11.8 Å². The van der Waals surface area contributed by atoms with E-state index in [2.05, 4.69) is 0 Å². The number of aryl methyl sites for hydroxylation is 1. The number of likely N-dealkylation sites (tertiary alicyclic amines) is 1. The summed E-state index contributed by atoms with van der Waals surface area (Å²) >= 11 is 0. The van der Waals surface area contributed by atoms with Crippen LogP contribution in [-0.2, 0) is 16.6 Å². The molecule has 2 unspecified atom stereocenters. The van der Waals surface area contributed by atoms with E-state index < -0.39 is 0 Å². The van der Waals surface area contributed by atoms with Crippen LogP contribution in [0.5, 0.6) is 0 Å². The summed E-state index contributed by atoms with van der Waals surface area (Å²) in [6.45, 7) is 3.28. The van der Waals surface area contributed by atoms with Gasteiger partial charge in [-0.3, -0.25) is 19.3 Å². The summed E-state index contributed by atoms with van der Waals surface area (Å²) in [5.74, 6) is -1.40. The maximum absolute atomic E-state index is 12.0. The summed E-state index contributed by atoms with van der Waals surface area (Å²) in [4.78, 5) is 36.8. The smallest absolute Gasteiger partial charge is 0.233 e. The van der Waals surface area contributed by atoms with E-state index in [0.29, 0.717) is 5.69 Å². The fourth-order valence-corrected chi connectivity index (χ4v) is 2.16. The number of imide groups is 1. The number of amides is 2. The molecule has 5 heteroatoms. The first kappa shape index (κ1) is 12.5. The maximum atomic E-state index is 12.0. The van der Waals surface area contributed by atoms with E-state index in [1.54, 1.807) is 43.8 Å². The lowest BCUT2D eigenvalue weighted by molar-refractivity contribution is -0.139. The molecule has 2 rings (SSSR count). The number of rotatable bonds is 3. The molecular formula is C13H16N2O3. The Morgan fingerprint density at radius 1 is 1.22 bits per heavy atom. The normalized spacial score (nSPS) is 23.8. The summed E-state index contributed by atoms with van der Waals surface area (Å²) in [6, 6.07) is 3.44. The first-order chi connectivity index (χ1) is 8.43. The highest BCUT2D eigenvalue weighted by Gasteiger charge is 2.42. The molecule has 0 aromatic carbocycles. The van der Waals surface area contributed by atoms with Gasteiger partial charge in [0.05, 0.1) is 12.2 Å². The fraction of sp³-hybridized carbons (Fsp3) is 0.462. The Morgan fingerprint density at radius 3 is 2.22 bits per heavy atom. The molecule has 0 N–H and O–H groups in total. The minimum Gasteiger partial charge on any atom is -0.348 e. The third-order valence-electron chi connectivity index (χ3n) is 3.59. The van der Waals surface area contributed by atoms with Crippen molar-refractivity contribution in [3.8, 4) is 0 Å². The minimum absolute atomic E-state index is 0.163. The molecule has 1 fully saturated rings. The Kier molecular flexibility index (Phi) is 3.07. The molecule has 96 valence electrons. The van der Waals surface area contributed by atoms with Crippen LogP contribution in [0.2, 0.25) is 0 Å². The van der Waals surface area contributed by atoms with Crippen LogP contribution in [-0.4, -0.2) is 33.6 Å². The number of carbonyl (C=O) groups excluding carboxylic acids is 3. The van der Waals surface area contributed by atoms with Crippen molar-refractivity contribution in [2.24, 2.45) is 18.9 Å². The van der Waals surface area contributed by atoms with E-state index in [-0.39, 0.29) is 36.0 Å². The molecule has 0 radical (unpaired) electrons. The average molecular weight is 248 g/mol. The first-order valence-corrected chi connectivity index (χ1v) is 5.93. The summed E-state index contributed by atoms with van der Waals surface area (Å²) < 4.78 is 1.68. The van der Waals surface area contributed by atoms with Crippen LogP contribution in [0.1, 0.15) is 24.3 Å². The van der Waals surface area contributed by atoms with Crippen LogP contribution < -0.4 is 0 Å². The second-order valence-electron chi connectivity index (χ2n) is 4.77. The van der Waals surface area contributed by atoms with Crippen LogP contribution in [0, 0.1) is 11.8 Å². The van der Waals surface area contributed by atoms with Gasteiger partial charge < -0.3 is 4.57 Å². The Hall–Kier alpha value is -1.91. The van der Waals surface area contributed by atoms with E-state index in [0.717, 1.165) is 4.90 Å². The van der Waals surface area contributed by atoms with Crippen LogP contribution in [0.25, 0.3) is 0 Å². The zero-order valence-corrected chi connectivity index (χ0v) is 10.7. The number of aromatic nitrogens is 1. The molecule has 0 bridgehead atoms. The summed E-state index contributed by atoms with van der Waals surface area (Å²) in [5, 5.41) is 0. The van der Waals surface area contributed by atoms with Gasteiger partial charge in [-0.1, -0.05) is 13.8 Å². The zero-order valence-electron chi connectivity index (χ0n) is 10.7. The minimum atomic E-state index is -0.335. The number of Topliss-reactive ketones (excluding diaryl/α,β-unsaturated/α-hetero) is 1. The van der Waals surface area contributed by atoms with Gasteiger partial charge in [-0.2, -0.15) is 0 Å². The molecule has 0 saturated carbocycles. The predicted octanol–water partition coefficient (Wildman–Crippen LogP) is 0.849. The van der Waals surface area contributed by atoms with Crippen molar-refractivity contribution in [2.75, 3.05) is 6.54 Å². The number of carbonyl (C=O) groups is 3. The lowest BCUT2D eigenvalue weighted by Gasteiger charge is -2.13. The van der Waals surface area contributed by atoms with Crippen molar-refractivity contribution < 1.29 is 14.4 Å². The Balaban J connectivity index is 2.16. The van der Waals surface area contributed by atoms with Crippen molar-refractivity contribution in [1.29, 1.82) is 0 Å². The second kappa shape index (κ2) is 4.40. The van der Waals surface area contributed by atoms with E-state index in [9.17, 15) is 14.4 Å². The van der Waals surface area contributed by atoms with E-state index in [4.69, 9.17) is 0 Å². The van der Waals surface area contributed by atoms with Crippen molar-refractivity contribution in [1.82, 2.24) is 9.47 Å². The molecular weight excluding hydrogens is 232 g/mol. The van der Waals surface area contributed by atoms with Crippen molar-refractivity contribution in [3.63, 3.8) is 0 Å². The lowest BCUT2D eigenvalue weighted by atomic mass is 10.00. The monoisotopic (exact) mass is 248 g/mol. The average Bonchev–Trinajstić information content (AvgIpc) is 2.84. The molecule has 0 spiro atoms. The zero-order chi connectivity index (χ0) is 13.4. The highest BCUT2D eigenvalue weighted by atomic mass is 16.2. The summed E-state index contributed by atoms with van der Waals surface area (Å²) in [6.07, 6.45) is 1.76. The molecule has 1 aromatic rings. The van der Waals surface area contributed by atoms with Crippen molar-refractivity contribution >= 4 is 17.6 Å². The molecule has 2 atom stereocenters. The molecule has 5 nitrogen and oxygen atoms in total. The summed E-state index contributed by atoms with van der Waals surface area (Å²) in [7, 11) is 1.76. The van der Waals surface area contributed by atoms with Crippen LogP contribution in [0.15, 0.2) is 18.3 Å². The lowest BCUT2D eigenvalue weighted by Crippen LogP contribution is -2.36. The first-order valence-electron chi connectivity index (χ1n) is 5.93. The van der Waals surface area contributed by atoms with Gasteiger partial charge in [0.15, 0.2) is 5.78 Å². The van der Waals surface area contributed by atoms with Gasteiger partial charge >= 0.3 is 0 Å². The number of hydrogen-bond acceptors (Lipinski definition) is 3. The second-order valence-corrected chi connectivity index (χ2v) is 4.77. The largest absolute Gasteiger partial charge is 0.348 e. The van der Waals surface area contributed by atoms with Crippen LogP contribution >= 0.6 is 0 Å². The highest BCUT2D eigenvalue weighted by molar-refractivity contribution is 6.09. The Labute approximate surface area is 105 Å². The van der Waals surface area contributed by atoms with Crippen LogP contribution in [0.3, 0.4) is 0 Å². The third kappa shape index (κ3) is 1.85. The number of nitrogens with zero attached hydrogens (tertiary/aromatic N) is 2. The van der Waals surface area contributed by atoms with Gasteiger partial charge in [-0.05, 0) is 12.1 Å². The fourth-order valence-electron chi connectivity index (χ4n) is 2.16. The number of ketones is 1. The highest BCUT2D eigenvalue weighted by Crippen LogP contribution is 2.25. The third-order valence-corrected chi connectivity index (χ3v) is 3.59. The van der Waals surface area contributed by atoms with Gasteiger partial charge in [-0.15, -0.1) is 0 Å². The molecule has 1 aliphatic rings. The van der Waals surface area contributed by atoms with E-state index in [1.165, 1.54) is 0 Å². The SMILES string of the molecule is CC1C(=O)N(CC(=O)c2cccn2C)C(=O)C1C. The summed E-state index contributed by atoms with van der Waals surface area (Å²) in [5.41, 5.74) is 0.503. The molecule has 2 amide bonds. The molecule has 2 heterocycles. The van der Waals surface area contributed by atoms with Gasteiger partial charge in [0.25, 0.3) is 0 Å². The standard InChI is InChI=1S/C13H16N2O3/c1-8-9(2)13(18)15(12(8)17)7-11(16)10-5-4-6-14(10)3/h4-6,8-9H,7H2,1-3H3. The molecule has 1 aliphatic heterocycles. The predicted molar refractivity (Wildman–Crippen MR) is 64.8 cm³/mol.